The number of fused-ring (bicyclic) bond motifs is 1. The van der Waals surface area contributed by atoms with Crippen LogP contribution in [0.2, 0.25) is 0 Å². The van der Waals surface area contributed by atoms with Crippen molar-refractivity contribution in [1.29, 1.82) is 0 Å². The molecule has 0 spiro atoms. The molecule has 0 radical (unpaired) electrons. The molecule has 0 aliphatic carbocycles. The van der Waals surface area contributed by atoms with Crippen LogP contribution in [0, 0.1) is 5.92 Å². The van der Waals surface area contributed by atoms with Crippen molar-refractivity contribution in [3.63, 3.8) is 0 Å². The second kappa shape index (κ2) is 9.30. The second-order valence-corrected chi connectivity index (χ2v) is 7.70. The lowest BCUT2D eigenvalue weighted by Gasteiger charge is -2.25. The van der Waals surface area contributed by atoms with Crippen LogP contribution in [0.25, 0.3) is 10.9 Å². The molecule has 0 bridgehead atoms. The van der Waals surface area contributed by atoms with Crippen LogP contribution in [0.4, 0.5) is 4.79 Å². The van der Waals surface area contributed by atoms with Crippen molar-refractivity contribution in [2.45, 2.75) is 52.7 Å². The first-order valence-corrected chi connectivity index (χ1v) is 9.37. The number of carbonyl (C=O) groups excluding carboxylic acids is 2. The van der Waals surface area contributed by atoms with Gasteiger partial charge in [-0.05, 0) is 50.5 Å². The van der Waals surface area contributed by atoms with Crippen LogP contribution in [0.15, 0.2) is 41.6 Å². The Kier molecular flexibility index (Phi) is 7.09. The molecule has 0 aliphatic heterocycles. The lowest BCUT2D eigenvalue weighted by atomic mass is 9.99. The Morgan fingerprint density at radius 1 is 1.29 bits per heavy atom. The molecule has 0 aliphatic rings. The highest BCUT2D eigenvalue weighted by Crippen LogP contribution is 2.13. The molecule has 2 atom stereocenters. The number of amides is 2. The van der Waals surface area contributed by atoms with E-state index in [1.807, 2.05) is 44.2 Å². The monoisotopic (exact) mass is 384 g/mol. The summed E-state index contributed by atoms with van der Waals surface area (Å²) in [6.07, 6.45) is 3.39. The third-order valence-electron chi connectivity index (χ3n) is 4.18. The van der Waals surface area contributed by atoms with Gasteiger partial charge in [-0.1, -0.05) is 32.4 Å². The van der Waals surface area contributed by atoms with Crippen molar-refractivity contribution in [3.8, 4) is 0 Å². The van der Waals surface area contributed by atoms with Gasteiger partial charge in [0, 0.05) is 11.6 Å². The number of benzene rings is 1. The van der Waals surface area contributed by atoms with Gasteiger partial charge in [-0.3, -0.25) is 9.78 Å². The Morgan fingerprint density at radius 3 is 2.71 bits per heavy atom. The Labute approximate surface area is 165 Å². The molecule has 1 aromatic carbocycles. The molecular formula is C21H28N4O3. The number of rotatable bonds is 6. The number of nitrogens with zero attached hydrogens (tertiary/aromatic N) is 2. The van der Waals surface area contributed by atoms with Crippen molar-refractivity contribution in [2.75, 3.05) is 0 Å². The van der Waals surface area contributed by atoms with E-state index in [9.17, 15) is 9.59 Å². The number of hydrogen-bond acceptors (Lipinski definition) is 5. The number of carbonyl (C=O) groups is 2. The molecule has 1 aromatic heterocycles. The van der Waals surface area contributed by atoms with E-state index in [2.05, 4.69) is 20.8 Å². The summed E-state index contributed by atoms with van der Waals surface area (Å²) in [5.74, 6) is -0.464. The standard InChI is InChI=1S/C21H28N4O3/c1-6-14(2)18(24-20(27)28-21(3,4)5)19(26)25-23-13-15-9-10-17-16(12-15)8-7-11-22-17/h7-14,18H,6H2,1-5H3,(H,24,27)(H,25,26)/b23-13-/t14-,18-/m0/s1. The maximum atomic E-state index is 12.5. The van der Waals surface area contributed by atoms with Crippen molar-refractivity contribution < 1.29 is 14.3 Å². The lowest BCUT2D eigenvalue weighted by molar-refractivity contribution is -0.124. The number of alkyl carbamates (subject to hydrolysis) is 1. The molecule has 28 heavy (non-hydrogen) atoms. The third kappa shape index (κ3) is 6.33. The van der Waals surface area contributed by atoms with Gasteiger partial charge in [0.15, 0.2) is 0 Å². The molecule has 2 amide bonds. The molecule has 1 heterocycles. The first kappa shape index (κ1) is 21.3. The minimum Gasteiger partial charge on any atom is -0.444 e. The number of hydrazone groups is 1. The topological polar surface area (TPSA) is 92.7 Å². The van der Waals surface area contributed by atoms with Gasteiger partial charge >= 0.3 is 6.09 Å². The highest BCUT2D eigenvalue weighted by Gasteiger charge is 2.28. The van der Waals surface area contributed by atoms with Gasteiger partial charge in [0.2, 0.25) is 0 Å². The molecular weight excluding hydrogens is 356 g/mol. The Morgan fingerprint density at radius 2 is 2.04 bits per heavy atom. The van der Waals surface area contributed by atoms with Crippen molar-refractivity contribution in [2.24, 2.45) is 11.0 Å². The van der Waals surface area contributed by atoms with Gasteiger partial charge in [0.05, 0.1) is 11.7 Å². The van der Waals surface area contributed by atoms with E-state index < -0.39 is 17.7 Å². The predicted molar refractivity (Wildman–Crippen MR) is 110 cm³/mol. The maximum Gasteiger partial charge on any atom is 0.408 e. The van der Waals surface area contributed by atoms with Crippen LogP contribution in [0.3, 0.4) is 0 Å². The molecule has 7 heteroatoms. The summed E-state index contributed by atoms with van der Waals surface area (Å²) in [5.41, 5.74) is 3.60. The van der Waals surface area contributed by atoms with E-state index >= 15 is 0 Å². The number of aromatic nitrogens is 1. The summed E-state index contributed by atoms with van der Waals surface area (Å²) >= 11 is 0. The van der Waals surface area contributed by atoms with E-state index in [4.69, 9.17) is 4.74 Å². The minimum absolute atomic E-state index is 0.0746. The van der Waals surface area contributed by atoms with Crippen LogP contribution in [-0.2, 0) is 9.53 Å². The molecule has 0 saturated heterocycles. The second-order valence-electron chi connectivity index (χ2n) is 7.70. The van der Waals surface area contributed by atoms with Gasteiger partial charge in [-0.25, -0.2) is 10.2 Å². The SMILES string of the molecule is CC[C@H](C)[C@H](NC(=O)OC(C)(C)C)C(=O)N/N=C\c1ccc2ncccc2c1. The zero-order valence-electron chi connectivity index (χ0n) is 17.0. The normalized spacial score (nSPS) is 13.9. The van der Waals surface area contributed by atoms with Crippen LogP contribution >= 0.6 is 0 Å². The third-order valence-corrected chi connectivity index (χ3v) is 4.18. The molecule has 0 unspecified atom stereocenters. The van der Waals surface area contributed by atoms with E-state index in [1.165, 1.54) is 0 Å². The first-order valence-electron chi connectivity index (χ1n) is 9.37. The molecule has 2 N–H and O–H groups in total. The first-order chi connectivity index (χ1) is 13.2. The smallest absolute Gasteiger partial charge is 0.408 e. The van der Waals surface area contributed by atoms with Gasteiger partial charge in [-0.2, -0.15) is 5.10 Å². The Balaban J connectivity index is 2.03. The average molecular weight is 384 g/mol. The van der Waals surface area contributed by atoms with E-state index in [0.717, 1.165) is 22.9 Å². The van der Waals surface area contributed by atoms with Crippen LogP contribution in [0.1, 0.15) is 46.6 Å². The number of pyridine rings is 1. The van der Waals surface area contributed by atoms with Crippen LogP contribution in [0.5, 0.6) is 0 Å². The van der Waals surface area contributed by atoms with Gasteiger partial charge in [0.1, 0.15) is 11.6 Å². The zero-order valence-corrected chi connectivity index (χ0v) is 17.0. The summed E-state index contributed by atoms with van der Waals surface area (Å²) in [6, 6.07) is 8.79. The molecule has 0 fully saturated rings. The lowest BCUT2D eigenvalue weighted by Crippen LogP contribution is -2.50. The molecule has 2 rings (SSSR count). The summed E-state index contributed by atoms with van der Waals surface area (Å²) in [7, 11) is 0. The average Bonchev–Trinajstić information content (AvgIpc) is 2.64. The molecule has 150 valence electrons. The van der Waals surface area contributed by atoms with E-state index in [-0.39, 0.29) is 11.8 Å². The minimum atomic E-state index is -0.738. The molecule has 0 saturated carbocycles. The Hall–Kier alpha value is -2.96. The summed E-state index contributed by atoms with van der Waals surface area (Å²) in [6.45, 7) is 9.16. The predicted octanol–water partition coefficient (Wildman–Crippen LogP) is 3.62. The van der Waals surface area contributed by atoms with Gasteiger partial charge in [0.25, 0.3) is 5.91 Å². The van der Waals surface area contributed by atoms with Gasteiger partial charge in [-0.15, -0.1) is 0 Å². The summed E-state index contributed by atoms with van der Waals surface area (Å²) in [5, 5.41) is 7.66. The molecule has 7 nitrogen and oxygen atoms in total. The Bertz CT molecular complexity index is 858. The number of hydrogen-bond donors (Lipinski definition) is 2. The van der Waals surface area contributed by atoms with Crippen molar-refractivity contribution in [3.05, 3.63) is 42.1 Å². The fourth-order valence-electron chi connectivity index (χ4n) is 2.55. The van der Waals surface area contributed by atoms with E-state index in [1.54, 1.807) is 33.2 Å². The van der Waals surface area contributed by atoms with E-state index in [0.29, 0.717) is 0 Å². The number of ether oxygens (including phenoxy) is 1. The highest BCUT2D eigenvalue weighted by molar-refractivity contribution is 5.90. The largest absolute Gasteiger partial charge is 0.444 e. The van der Waals surface area contributed by atoms with Crippen molar-refractivity contribution >= 4 is 29.1 Å². The maximum absolute atomic E-state index is 12.5. The van der Waals surface area contributed by atoms with Gasteiger partial charge < -0.3 is 10.1 Å². The zero-order chi connectivity index (χ0) is 20.7. The fraction of sp³-hybridized carbons (Fsp3) is 0.429. The van der Waals surface area contributed by atoms with Crippen LogP contribution < -0.4 is 10.7 Å². The summed E-state index contributed by atoms with van der Waals surface area (Å²) in [4.78, 5) is 28.9. The van der Waals surface area contributed by atoms with Crippen LogP contribution in [-0.4, -0.2) is 34.8 Å². The summed E-state index contributed by atoms with van der Waals surface area (Å²) < 4.78 is 5.25. The molecule has 2 aromatic rings. The number of nitrogens with one attached hydrogen (secondary N) is 2. The fourth-order valence-corrected chi connectivity index (χ4v) is 2.55. The van der Waals surface area contributed by atoms with Crippen molar-refractivity contribution in [1.82, 2.24) is 15.7 Å². The highest BCUT2D eigenvalue weighted by atomic mass is 16.6. The quantitative estimate of drug-likeness (QED) is 0.588.